The molecule has 1 unspecified atom stereocenters. The van der Waals surface area contributed by atoms with Crippen molar-refractivity contribution in [2.45, 2.75) is 25.8 Å². The Hall–Kier alpha value is -1.63. The van der Waals surface area contributed by atoms with E-state index in [2.05, 4.69) is 72.4 Å². The van der Waals surface area contributed by atoms with E-state index < -0.39 is 0 Å². The van der Waals surface area contributed by atoms with Crippen LogP contribution >= 0.6 is 0 Å². The van der Waals surface area contributed by atoms with Gasteiger partial charge in [-0.25, -0.2) is 4.57 Å². The predicted molar refractivity (Wildman–Crippen MR) is 66.1 cm³/mol. The Kier molecular flexibility index (Phi) is 3.71. The summed E-state index contributed by atoms with van der Waals surface area (Å²) in [7, 11) is 0. The van der Waals surface area contributed by atoms with Gasteiger partial charge in [-0.1, -0.05) is 43.3 Å². The van der Waals surface area contributed by atoms with Crippen LogP contribution in [0.4, 0.5) is 0 Å². The van der Waals surface area contributed by atoms with Crippen LogP contribution < -0.4 is 4.57 Å². The molecule has 0 fully saturated rings. The van der Waals surface area contributed by atoms with Crippen LogP contribution in [0.25, 0.3) is 0 Å². The highest BCUT2D eigenvalue weighted by molar-refractivity contribution is 5.18. The van der Waals surface area contributed by atoms with E-state index in [1.54, 1.807) is 0 Å². The van der Waals surface area contributed by atoms with Crippen LogP contribution in [0, 0.1) is 0 Å². The zero-order valence-electron chi connectivity index (χ0n) is 9.71. The average molecular weight is 212 g/mol. The Morgan fingerprint density at radius 1 is 0.938 bits per heavy atom. The predicted octanol–water partition coefficient (Wildman–Crippen LogP) is 3.17. The maximum absolute atomic E-state index is 2.25. The number of pyridine rings is 1. The molecule has 0 aliphatic carbocycles. The maximum atomic E-state index is 2.25. The molecule has 16 heavy (non-hydrogen) atoms. The first kappa shape index (κ1) is 10.9. The minimum atomic E-state index is 0.605. The molecule has 2 rings (SSSR count). The molecule has 82 valence electrons. The third-order valence-electron chi connectivity index (χ3n) is 2.97. The van der Waals surface area contributed by atoms with Crippen molar-refractivity contribution in [3.05, 3.63) is 66.5 Å². The summed E-state index contributed by atoms with van der Waals surface area (Å²) in [5, 5.41) is 0. The molecule has 0 aliphatic rings. The van der Waals surface area contributed by atoms with Crippen molar-refractivity contribution in [3.8, 4) is 0 Å². The molecule has 0 saturated carbocycles. The van der Waals surface area contributed by atoms with Crippen molar-refractivity contribution in [3.63, 3.8) is 0 Å². The van der Waals surface area contributed by atoms with E-state index in [4.69, 9.17) is 0 Å². The van der Waals surface area contributed by atoms with Gasteiger partial charge in [0.05, 0.1) is 0 Å². The molecule has 0 amide bonds. The maximum Gasteiger partial charge on any atom is 0.168 e. The number of benzene rings is 1. The zero-order chi connectivity index (χ0) is 11.2. The Balaban J connectivity index is 2.13. The van der Waals surface area contributed by atoms with E-state index in [-0.39, 0.29) is 0 Å². The van der Waals surface area contributed by atoms with Gasteiger partial charge in [0, 0.05) is 18.1 Å². The van der Waals surface area contributed by atoms with Gasteiger partial charge in [0.2, 0.25) is 0 Å². The Morgan fingerprint density at radius 2 is 1.56 bits per heavy atom. The first-order valence-electron chi connectivity index (χ1n) is 5.89. The summed E-state index contributed by atoms with van der Waals surface area (Å²) in [5.74, 6) is 0.605. The van der Waals surface area contributed by atoms with Crippen molar-refractivity contribution >= 4 is 0 Å². The lowest BCUT2D eigenvalue weighted by molar-refractivity contribution is -0.699. The molecule has 0 bridgehead atoms. The van der Waals surface area contributed by atoms with E-state index in [0.29, 0.717) is 5.92 Å². The van der Waals surface area contributed by atoms with E-state index in [0.717, 1.165) is 6.54 Å². The monoisotopic (exact) mass is 212 g/mol. The lowest BCUT2D eigenvalue weighted by atomic mass is 9.96. The van der Waals surface area contributed by atoms with Crippen molar-refractivity contribution in [1.82, 2.24) is 0 Å². The zero-order valence-corrected chi connectivity index (χ0v) is 9.71. The summed E-state index contributed by atoms with van der Waals surface area (Å²) in [4.78, 5) is 0. The number of aromatic nitrogens is 1. The number of hydrogen-bond acceptors (Lipinski definition) is 0. The molecule has 0 aliphatic heterocycles. The van der Waals surface area contributed by atoms with E-state index in [1.807, 2.05) is 0 Å². The van der Waals surface area contributed by atoms with E-state index in [1.165, 1.54) is 12.0 Å². The standard InChI is InChI=1S/C15H18N/c1-2-14(15-9-5-3-6-10-15)13-16-11-7-4-8-12-16/h3-12,14H,2,13H2,1H3/q+1. The molecule has 0 spiro atoms. The lowest BCUT2D eigenvalue weighted by Gasteiger charge is -2.11. The average Bonchev–Trinajstić information content (AvgIpc) is 2.38. The highest BCUT2D eigenvalue weighted by Crippen LogP contribution is 2.18. The second kappa shape index (κ2) is 5.45. The van der Waals surface area contributed by atoms with Crippen LogP contribution in [0.5, 0.6) is 0 Å². The van der Waals surface area contributed by atoms with Crippen LogP contribution in [0.1, 0.15) is 24.8 Å². The van der Waals surface area contributed by atoms with Crippen LogP contribution in [0.2, 0.25) is 0 Å². The molecule has 1 aromatic heterocycles. The SMILES string of the molecule is CCC(C[n+]1ccccc1)c1ccccc1. The van der Waals surface area contributed by atoms with Gasteiger partial charge in [-0.15, -0.1) is 0 Å². The third kappa shape index (κ3) is 2.69. The first-order chi connectivity index (χ1) is 7.90. The fourth-order valence-corrected chi connectivity index (χ4v) is 2.01. The topological polar surface area (TPSA) is 3.88 Å². The van der Waals surface area contributed by atoms with Gasteiger partial charge in [0.1, 0.15) is 0 Å². The molecule has 2 aromatic rings. The van der Waals surface area contributed by atoms with Gasteiger partial charge in [-0.2, -0.15) is 0 Å². The van der Waals surface area contributed by atoms with E-state index in [9.17, 15) is 0 Å². The first-order valence-corrected chi connectivity index (χ1v) is 5.89. The molecule has 1 aromatic carbocycles. The third-order valence-corrected chi connectivity index (χ3v) is 2.97. The minimum absolute atomic E-state index is 0.605. The normalized spacial score (nSPS) is 12.3. The minimum Gasteiger partial charge on any atom is -0.204 e. The van der Waals surface area contributed by atoms with Gasteiger partial charge in [-0.3, -0.25) is 0 Å². The second-order valence-electron chi connectivity index (χ2n) is 4.09. The Labute approximate surface area is 97.4 Å². The largest absolute Gasteiger partial charge is 0.204 e. The van der Waals surface area contributed by atoms with Crippen LogP contribution in [-0.4, -0.2) is 0 Å². The van der Waals surface area contributed by atoms with Crippen molar-refractivity contribution in [2.24, 2.45) is 0 Å². The van der Waals surface area contributed by atoms with Gasteiger partial charge in [-0.05, 0) is 12.0 Å². The Morgan fingerprint density at radius 3 is 2.19 bits per heavy atom. The van der Waals surface area contributed by atoms with Crippen molar-refractivity contribution in [1.29, 1.82) is 0 Å². The molecule has 1 heterocycles. The summed E-state index contributed by atoms with van der Waals surface area (Å²) in [6, 6.07) is 17.0. The van der Waals surface area contributed by atoms with Gasteiger partial charge in [0.25, 0.3) is 0 Å². The van der Waals surface area contributed by atoms with Crippen molar-refractivity contribution < 1.29 is 4.57 Å². The highest BCUT2D eigenvalue weighted by atomic mass is 14.9. The summed E-state index contributed by atoms with van der Waals surface area (Å²) in [6.45, 7) is 3.31. The van der Waals surface area contributed by atoms with Gasteiger partial charge >= 0.3 is 0 Å². The highest BCUT2D eigenvalue weighted by Gasteiger charge is 2.13. The van der Waals surface area contributed by atoms with Crippen LogP contribution in [0.15, 0.2) is 60.9 Å². The molecule has 1 atom stereocenters. The lowest BCUT2D eigenvalue weighted by Crippen LogP contribution is -2.35. The summed E-state index contributed by atoms with van der Waals surface area (Å²) in [6.07, 6.45) is 5.43. The summed E-state index contributed by atoms with van der Waals surface area (Å²) in [5.41, 5.74) is 1.43. The Bertz CT molecular complexity index is 408. The quantitative estimate of drug-likeness (QED) is 0.685. The van der Waals surface area contributed by atoms with Crippen LogP contribution in [0.3, 0.4) is 0 Å². The van der Waals surface area contributed by atoms with Crippen molar-refractivity contribution in [2.75, 3.05) is 0 Å². The number of rotatable bonds is 4. The molecule has 1 nitrogen and oxygen atoms in total. The second-order valence-corrected chi connectivity index (χ2v) is 4.09. The molecule has 0 N–H and O–H groups in total. The fraction of sp³-hybridized carbons (Fsp3) is 0.267. The molecule has 0 saturated heterocycles. The number of hydrogen-bond donors (Lipinski definition) is 0. The fourth-order valence-electron chi connectivity index (χ4n) is 2.01. The van der Waals surface area contributed by atoms with Gasteiger partial charge < -0.3 is 0 Å². The summed E-state index contributed by atoms with van der Waals surface area (Å²) >= 11 is 0. The summed E-state index contributed by atoms with van der Waals surface area (Å²) < 4.78 is 2.25. The van der Waals surface area contributed by atoms with Crippen LogP contribution in [-0.2, 0) is 6.54 Å². The molecule has 0 radical (unpaired) electrons. The molecular formula is C15H18N+. The smallest absolute Gasteiger partial charge is 0.168 e. The van der Waals surface area contributed by atoms with Gasteiger partial charge in [0.15, 0.2) is 18.9 Å². The number of nitrogens with zero attached hydrogens (tertiary/aromatic N) is 1. The van der Waals surface area contributed by atoms with E-state index >= 15 is 0 Å². The molecule has 1 heteroatoms. The molecular weight excluding hydrogens is 194 g/mol.